The van der Waals surface area contributed by atoms with Gasteiger partial charge in [0.05, 0.1) is 25.2 Å². The molecule has 0 aliphatic heterocycles. The Kier molecular flexibility index (Phi) is 10.9. The van der Waals surface area contributed by atoms with Crippen molar-refractivity contribution in [1.82, 2.24) is 4.90 Å². The highest BCUT2D eigenvalue weighted by molar-refractivity contribution is 5.71. The van der Waals surface area contributed by atoms with Crippen molar-refractivity contribution in [2.75, 3.05) is 40.5 Å². The van der Waals surface area contributed by atoms with Crippen LogP contribution in [-0.4, -0.2) is 51.3 Å². The maximum atomic E-state index is 11.4. The van der Waals surface area contributed by atoms with Crippen molar-refractivity contribution >= 4 is 5.97 Å². The third-order valence-corrected chi connectivity index (χ3v) is 6.25. The highest BCUT2D eigenvalue weighted by Gasteiger charge is 2.35. The normalized spacial score (nSPS) is 12.8. The number of benzene rings is 2. The van der Waals surface area contributed by atoms with Gasteiger partial charge in [-0.1, -0.05) is 38.1 Å². The molecule has 2 rings (SSSR count). The molecule has 0 aliphatic carbocycles. The second-order valence-corrected chi connectivity index (χ2v) is 8.86. The fourth-order valence-corrected chi connectivity index (χ4v) is 4.07. The summed E-state index contributed by atoms with van der Waals surface area (Å²) in [5, 5.41) is 10.2. The summed E-state index contributed by atoms with van der Waals surface area (Å²) in [4.78, 5) is 13.7. The summed E-state index contributed by atoms with van der Waals surface area (Å²) in [7, 11) is 3.77. The summed E-state index contributed by atoms with van der Waals surface area (Å²) in [5.74, 6) is 1.27. The smallest absolute Gasteiger partial charge is 0.344 e. The van der Waals surface area contributed by atoms with Crippen molar-refractivity contribution in [3.63, 3.8) is 0 Å². The van der Waals surface area contributed by atoms with Gasteiger partial charge in [-0.2, -0.15) is 5.26 Å². The largest absolute Gasteiger partial charge is 0.497 e. The van der Waals surface area contributed by atoms with Gasteiger partial charge < -0.3 is 19.1 Å². The van der Waals surface area contributed by atoms with Crippen LogP contribution >= 0.6 is 0 Å². The van der Waals surface area contributed by atoms with Crippen LogP contribution in [0.25, 0.3) is 0 Å². The van der Waals surface area contributed by atoms with Crippen molar-refractivity contribution in [2.24, 2.45) is 5.92 Å². The molecule has 184 valence electrons. The van der Waals surface area contributed by atoms with Crippen molar-refractivity contribution in [2.45, 2.75) is 45.4 Å². The van der Waals surface area contributed by atoms with Gasteiger partial charge >= 0.3 is 5.97 Å². The van der Waals surface area contributed by atoms with Gasteiger partial charge in [0, 0.05) is 6.54 Å². The summed E-state index contributed by atoms with van der Waals surface area (Å²) in [6.07, 6.45) is 2.64. The molecule has 2 aromatic rings. The molecular weight excluding hydrogens is 428 g/mol. The van der Waals surface area contributed by atoms with Gasteiger partial charge in [-0.15, -0.1) is 0 Å². The minimum absolute atomic E-state index is 0.0771. The van der Waals surface area contributed by atoms with Crippen LogP contribution in [0.15, 0.2) is 48.5 Å². The van der Waals surface area contributed by atoms with E-state index in [0.717, 1.165) is 43.7 Å². The third-order valence-electron chi connectivity index (χ3n) is 6.25. The zero-order chi connectivity index (χ0) is 25.0. The summed E-state index contributed by atoms with van der Waals surface area (Å²) in [5.41, 5.74) is 1.70. The predicted octanol–water partition coefficient (Wildman–Crippen LogP) is 5.01. The topological polar surface area (TPSA) is 71.8 Å². The molecule has 0 heterocycles. The Labute approximate surface area is 204 Å². The summed E-state index contributed by atoms with van der Waals surface area (Å²) in [6, 6.07) is 18.3. The molecule has 1 unspecified atom stereocenters. The van der Waals surface area contributed by atoms with E-state index in [0.29, 0.717) is 12.4 Å². The molecule has 1 atom stereocenters. The Balaban J connectivity index is 1.85. The Morgan fingerprint density at radius 1 is 1.12 bits per heavy atom. The molecule has 2 aromatic carbocycles. The molecule has 6 nitrogen and oxygen atoms in total. The Bertz CT molecular complexity index is 936. The number of carbonyl (C=O) groups excluding carboxylic acids is 1. The number of methoxy groups -OCH3 is 1. The number of hydrogen-bond donors (Lipinski definition) is 0. The van der Waals surface area contributed by atoms with Crippen LogP contribution in [0.1, 0.15) is 44.7 Å². The van der Waals surface area contributed by atoms with Gasteiger partial charge in [0.1, 0.15) is 11.5 Å². The summed E-state index contributed by atoms with van der Waals surface area (Å²) < 4.78 is 15.7. The molecule has 0 radical (unpaired) electrons. The first kappa shape index (κ1) is 27.2. The van der Waals surface area contributed by atoms with Gasteiger partial charge in [0.15, 0.2) is 6.61 Å². The van der Waals surface area contributed by atoms with Crippen LogP contribution in [0.4, 0.5) is 0 Å². The number of esters is 1. The lowest BCUT2D eigenvalue weighted by atomic mass is 9.70. The van der Waals surface area contributed by atoms with Crippen molar-refractivity contribution in [1.29, 1.82) is 5.26 Å². The number of nitrogens with zero attached hydrogens (tertiary/aromatic N) is 2. The molecule has 0 saturated carbocycles. The van der Waals surface area contributed by atoms with Crippen molar-refractivity contribution in [3.05, 3.63) is 59.7 Å². The molecule has 0 bridgehead atoms. The number of rotatable bonds is 14. The lowest BCUT2D eigenvalue weighted by Gasteiger charge is -2.32. The summed E-state index contributed by atoms with van der Waals surface area (Å²) >= 11 is 0. The lowest BCUT2D eigenvalue weighted by molar-refractivity contribution is -0.145. The van der Waals surface area contributed by atoms with E-state index in [1.165, 1.54) is 5.56 Å². The van der Waals surface area contributed by atoms with Crippen LogP contribution in [0.5, 0.6) is 11.5 Å². The standard InChI is InChI=1S/C28H38N2O4/c1-6-33-27(31)20-34-25-13-11-23(12-14-25)15-18-30(4)17-8-16-28(21-29,22(2)3)24-9-7-10-26(19-24)32-5/h7,9-14,19,22H,6,8,15-18,20H2,1-5H3. The molecule has 6 heteroatoms. The fraction of sp³-hybridized carbons (Fsp3) is 0.500. The van der Waals surface area contributed by atoms with Crippen LogP contribution in [-0.2, 0) is 21.4 Å². The second kappa shape index (κ2) is 13.6. The van der Waals surface area contributed by atoms with Crippen LogP contribution in [0, 0.1) is 17.2 Å². The van der Waals surface area contributed by atoms with Gasteiger partial charge in [-0.3, -0.25) is 0 Å². The maximum Gasteiger partial charge on any atom is 0.344 e. The minimum Gasteiger partial charge on any atom is -0.497 e. The van der Waals surface area contributed by atoms with Gasteiger partial charge in [-0.25, -0.2) is 4.79 Å². The number of carbonyl (C=O) groups is 1. The maximum absolute atomic E-state index is 11.4. The van der Waals surface area contributed by atoms with E-state index in [2.05, 4.69) is 31.9 Å². The number of likely N-dealkylation sites (N-methyl/N-ethyl adjacent to an activating group) is 1. The van der Waals surface area contributed by atoms with E-state index >= 15 is 0 Å². The van der Waals surface area contributed by atoms with E-state index in [1.807, 2.05) is 48.5 Å². The van der Waals surface area contributed by atoms with Crippen LogP contribution < -0.4 is 9.47 Å². The zero-order valence-electron chi connectivity index (χ0n) is 21.2. The Morgan fingerprint density at radius 3 is 2.47 bits per heavy atom. The van der Waals surface area contributed by atoms with Gasteiger partial charge in [0.2, 0.25) is 0 Å². The minimum atomic E-state index is -0.533. The molecule has 0 N–H and O–H groups in total. The van der Waals surface area contributed by atoms with Crippen molar-refractivity contribution < 1.29 is 19.0 Å². The average Bonchev–Trinajstić information content (AvgIpc) is 2.85. The third kappa shape index (κ3) is 7.78. The monoisotopic (exact) mass is 466 g/mol. The van der Waals surface area contributed by atoms with E-state index in [4.69, 9.17) is 14.2 Å². The predicted molar refractivity (Wildman–Crippen MR) is 134 cm³/mol. The Hall–Kier alpha value is -3.04. The lowest BCUT2D eigenvalue weighted by Crippen LogP contribution is -2.32. The zero-order valence-corrected chi connectivity index (χ0v) is 21.2. The molecular formula is C28H38N2O4. The van der Waals surface area contributed by atoms with Crippen LogP contribution in [0.2, 0.25) is 0 Å². The molecule has 0 spiro atoms. The SMILES string of the molecule is CCOC(=O)COc1ccc(CCN(C)CCCC(C#N)(c2cccc(OC)c2)C(C)C)cc1. The van der Waals surface area contributed by atoms with Gasteiger partial charge in [0.25, 0.3) is 0 Å². The quantitative estimate of drug-likeness (QED) is 0.365. The first-order valence-electron chi connectivity index (χ1n) is 12.0. The van der Waals surface area contributed by atoms with E-state index in [-0.39, 0.29) is 18.5 Å². The number of nitriles is 1. The molecule has 0 aromatic heterocycles. The van der Waals surface area contributed by atoms with Crippen LogP contribution in [0.3, 0.4) is 0 Å². The van der Waals surface area contributed by atoms with E-state index in [9.17, 15) is 10.1 Å². The first-order valence-corrected chi connectivity index (χ1v) is 12.0. The number of hydrogen-bond acceptors (Lipinski definition) is 6. The molecule has 0 amide bonds. The molecule has 0 saturated heterocycles. The molecule has 0 fully saturated rings. The van der Waals surface area contributed by atoms with Crippen molar-refractivity contribution in [3.8, 4) is 17.6 Å². The highest BCUT2D eigenvalue weighted by atomic mass is 16.6. The first-order chi connectivity index (χ1) is 16.3. The summed E-state index contributed by atoms with van der Waals surface area (Å²) in [6.45, 7) is 8.12. The fourth-order valence-electron chi connectivity index (χ4n) is 4.07. The second-order valence-electron chi connectivity index (χ2n) is 8.86. The Morgan fingerprint density at radius 2 is 1.85 bits per heavy atom. The van der Waals surface area contributed by atoms with Gasteiger partial charge in [-0.05, 0) is 81.1 Å². The highest BCUT2D eigenvalue weighted by Crippen LogP contribution is 2.37. The number of ether oxygens (including phenoxy) is 3. The molecule has 0 aliphatic rings. The van der Waals surface area contributed by atoms with E-state index in [1.54, 1.807) is 14.0 Å². The average molecular weight is 467 g/mol. The molecule has 34 heavy (non-hydrogen) atoms. The van der Waals surface area contributed by atoms with E-state index < -0.39 is 5.41 Å².